The number of nitrogens with zero attached hydrogens (tertiary/aromatic N) is 2. The summed E-state index contributed by atoms with van der Waals surface area (Å²) in [6.45, 7) is 2.84. The second-order valence-electron chi connectivity index (χ2n) is 8.61. The van der Waals surface area contributed by atoms with Gasteiger partial charge in [-0.1, -0.05) is 25.3 Å². The van der Waals surface area contributed by atoms with Crippen molar-refractivity contribution in [3.05, 3.63) is 28.6 Å². The summed E-state index contributed by atoms with van der Waals surface area (Å²) < 4.78 is 0. The maximum Gasteiger partial charge on any atom is 0.230 e. The van der Waals surface area contributed by atoms with Crippen molar-refractivity contribution in [2.75, 3.05) is 16.8 Å². The number of carbonyl (C=O) groups is 2. The van der Waals surface area contributed by atoms with E-state index in [-0.39, 0.29) is 23.7 Å². The molecule has 5 rings (SSSR count). The highest BCUT2D eigenvalue weighted by atomic mass is 32.1. The van der Waals surface area contributed by atoms with E-state index in [0.29, 0.717) is 5.13 Å². The number of hydrogen-bond donors (Lipinski definition) is 1. The minimum atomic E-state index is 0.119. The van der Waals surface area contributed by atoms with Gasteiger partial charge in [0.1, 0.15) is 0 Å². The van der Waals surface area contributed by atoms with E-state index in [9.17, 15) is 9.59 Å². The highest BCUT2D eigenvalue weighted by Gasteiger charge is 2.36. The molecule has 2 amide bonds. The minimum Gasteiger partial charge on any atom is -0.312 e. The molecule has 2 fully saturated rings. The van der Waals surface area contributed by atoms with Gasteiger partial charge >= 0.3 is 0 Å². The zero-order valence-electron chi connectivity index (χ0n) is 16.9. The molecular weight excluding hydrogens is 382 g/mol. The minimum absolute atomic E-state index is 0.119. The third-order valence-electron chi connectivity index (χ3n) is 6.44. The predicted molar refractivity (Wildman–Crippen MR) is 116 cm³/mol. The molecule has 0 unspecified atom stereocenters. The van der Waals surface area contributed by atoms with E-state index in [2.05, 4.69) is 30.4 Å². The van der Waals surface area contributed by atoms with Crippen LogP contribution in [0.3, 0.4) is 0 Å². The van der Waals surface area contributed by atoms with Gasteiger partial charge in [0, 0.05) is 34.5 Å². The van der Waals surface area contributed by atoms with Crippen LogP contribution in [0.4, 0.5) is 10.8 Å². The summed E-state index contributed by atoms with van der Waals surface area (Å²) in [4.78, 5) is 32.8. The summed E-state index contributed by atoms with van der Waals surface area (Å²) in [7, 11) is 0. The van der Waals surface area contributed by atoms with Gasteiger partial charge in [0.05, 0.1) is 5.69 Å². The fraction of sp³-hybridized carbons (Fsp3) is 0.522. The lowest BCUT2D eigenvalue weighted by atomic mass is 9.89. The number of fused-ring (bicyclic) bond motifs is 1. The van der Waals surface area contributed by atoms with Crippen molar-refractivity contribution in [3.63, 3.8) is 0 Å². The summed E-state index contributed by atoms with van der Waals surface area (Å²) in [5, 5.41) is 3.75. The van der Waals surface area contributed by atoms with Gasteiger partial charge in [-0.3, -0.25) is 9.59 Å². The summed E-state index contributed by atoms with van der Waals surface area (Å²) >= 11 is 1.54. The molecule has 2 saturated carbocycles. The second-order valence-corrected chi connectivity index (χ2v) is 9.81. The number of amides is 2. The normalized spacial score (nSPS) is 19.3. The van der Waals surface area contributed by atoms with Crippen molar-refractivity contribution >= 4 is 34.0 Å². The van der Waals surface area contributed by atoms with E-state index in [1.807, 2.05) is 4.90 Å². The first-order chi connectivity index (χ1) is 14.1. The lowest BCUT2D eigenvalue weighted by molar-refractivity contribution is -0.121. The van der Waals surface area contributed by atoms with E-state index in [1.54, 1.807) is 11.3 Å². The third kappa shape index (κ3) is 3.70. The number of anilines is 2. The average molecular weight is 410 g/mol. The fourth-order valence-electron chi connectivity index (χ4n) is 4.62. The molecule has 1 aromatic heterocycles. The van der Waals surface area contributed by atoms with E-state index in [0.717, 1.165) is 73.3 Å². The molecule has 0 radical (unpaired) electrons. The molecule has 152 valence electrons. The molecule has 3 aliphatic rings. The molecule has 2 aliphatic carbocycles. The Labute approximate surface area is 175 Å². The molecule has 0 bridgehead atoms. The second kappa shape index (κ2) is 7.56. The zero-order valence-corrected chi connectivity index (χ0v) is 17.7. The first kappa shape index (κ1) is 18.8. The highest BCUT2D eigenvalue weighted by molar-refractivity contribution is 7.16. The summed E-state index contributed by atoms with van der Waals surface area (Å²) in [5.41, 5.74) is 4.28. The topological polar surface area (TPSA) is 62.3 Å². The van der Waals surface area contributed by atoms with Gasteiger partial charge in [0.25, 0.3) is 0 Å². The summed E-state index contributed by atoms with van der Waals surface area (Å²) in [5.74, 6) is 0.783. The van der Waals surface area contributed by atoms with Crippen LogP contribution in [0.2, 0.25) is 0 Å². The van der Waals surface area contributed by atoms with Crippen LogP contribution >= 0.6 is 11.3 Å². The zero-order chi connectivity index (χ0) is 20.0. The van der Waals surface area contributed by atoms with Crippen LogP contribution in [0.1, 0.15) is 55.4 Å². The Morgan fingerprint density at radius 1 is 1.10 bits per heavy atom. The van der Waals surface area contributed by atoms with Crippen molar-refractivity contribution in [2.24, 2.45) is 11.8 Å². The van der Waals surface area contributed by atoms with Gasteiger partial charge in [-0.15, -0.1) is 11.3 Å². The van der Waals surface area contributed by atoms with Gasteiger partial charge in [-0.25, -0.2) is 4.98 Å². The van der Waals surface area contributed by atoms with E-state index >= 15 is 0 Å². The smallest absolute Gasteiger partial charge is 0.230 e. The van der Waals surface area contributed by atoms with Gasteiger partial charge in [0.2, 0.25) is 11.8 Å². The molecular formula is C23H27N3O2S. The SMILES string of the molecule is Cc1sc(NC(=O)C2CCCCC2)nc1-c1ccc2c(c1)CCN2C(=O)C1CC1. The molecule has 1 aromatic carbocycles. The highest BCUT2D eigenvalue weighted by Crippen LogP contribution is 2.39. The maximum atomic E-state index is 12.6. The number of benzene rings is 1. The molecule has 0 spiro atoms. The molecule has 2 aromatic rings. The molecule has 2 heterocycles. The van der Waals surface area contributed by atoms with Crippen LogP contribution in [0.25, 0.3) is 11.3 Å². The number of rotatable bonds is 4. The number of hydrogen-bond acceptors (Lipinski definition) is 4. The van der Waals surface area contributed by atoms with E-state index in [4.69, 9.17) is 4.98 Å². The van der Waals surface area contributed by atoms with Crippen molar-refractivity contribution < 1.29 is 9.59 Å². The quantitative estimate of drug-likeness (QED) is 0.778. The molecule has 5 nitrogen and oxygen atoms in total. The number of thiazole rings is 1. The van der Waals surface area contributed by atoms with Crippen molar-refractivity contribution in [3.8, 4) is 11.3 Å². The Kier molecular flexibility index (Phi) is 4.90. The number of nitrogens with one attached hydrogen (secondary N) is 1. The van der Waals surface area contributed by atoms with Gasteiger partial charge in [0.15, 0.2) is 5.13 Å². The third-order valence-corrected chi connectivity index (χ3v) is 7.33. The molecule has 0 saturated heterocycles. The molecule has 1 aliphatic heterocycles. The van der Waals surface area contributed by atoms with Gasteiger partial charge in [-0.05, 0) is 56.7 Å². The molecule has 1 N–H and O–H groups in total. The van der Waals surface area contributed by atoms with Crippen LogP contribution < -0.4 is 10.2 Å². The van der Waals surface area contributed by atoms with Crippen LogP contribution in [-0.4, -0.2) is 23.3 Å². The van der Waals surface area contributed by atoms with Gasteiger partial charge in [-0.2, -0.15) is 0 Å². The Hall–Kier alpha value is -2.21. The van der Waals surface area contributed by atoms with Crippen LogP contribution in [0, 0.1) is 18.8 Å². The molecule has 6 heteroatoms. The number of aromatic nitrogens is 1. The average Bonchev–Trinajstić information content (AvgIpc) is 3.41. The van der Waals surface area contributed by atoms with Crippen LogP contribution in [0.15, 0.2) is 18.2 Å². The van der Waals surface area contributed by atoms with Crippen molar-refractivity contribution in [1.82, 2.24) is 4.98 Å². The van der Waals surface area contributed by atoms with E-state index < -0.39 is 0 Å². The fourth-order valence-corrected chi connectivity index (χ4v) is 5.46. The lowest BCUT2D eigenvalue weighted by Crippen LogP contribution is -2.30. The van der Waals surface area contributed by atoms with Crippen molar-refractivity contribution in [1.29, 1.82) is 0 Å². The molecule has 29 heavy (non-hydrogen) atoms. The Morgan fingerprint density at radius 2 is 1.90 bits per heavy atom. The van der Waals surface area contributed by atoms with E-state index in [1.165, 1.54) is 12.0 Å². The standard InChI is InChI=1S/C23H27N3O2S/c1-14-20(24-23(29-14)25-21(27)15-5-3-2-4-6-15)18-9-10-19-17(13-18)11-12-26(19)22(28)16-7-8-16/h9-10,13,15-16H,2-8,11-12H2,1H3,(H,24,25,27). The van der Waals surface area contributed by atoms with Gasteiger partial charge < -0.3 is 10.2 Å². The first-order valence-electron chi connectivity index (χ1n) is 10.8. The largest absolute Gasteiger partial charge is 0.312 e. The van der Waals surface area contributed by atoms with Crippen LogP contribution in [0.5, 0.6) is 0 Å². The Morgan fingerprint density at radius 3 is 2.66 bits per heavy atom. The number of aryl methyl sites for hydroxylation is 1. The predicted octanol–water partition coefficient (Wildman–Crippen LogP) is 4.94. The molecule has 0 atom stereocenters. The van der Waals surface area contributed by atoms with Crippen molar-refractivity contribution in [2.45, 2.75) is 58.3 Å². The summed E-state index contributed by atoms with van der Waals surface area (Å²) in [6.07, 6.45) is 8.49. The Bertz CT molecular complexity index is 957. The lowest BCUT2D eigenvalue weighted by Gasteiger charge is -2.19. The van der Waals surface area contributed by atoms with Crippen LogP contribution in [-0.2, 0) is 16.0 Å². The maximum absolute atomic E-state index is 12.6. The monoisotopic (exact) mass is 409 g/mol. The summed E-state index contributed by atoms with van der Waals surface area (Å²) in [6, 6.07) is 6.30. The Balaban J connectivity index is 1.34. The first-order valence-corrected chi connectivity index (χ1v) is 11.6. The number of carbonyl (C=O) groups excluding carboxylic acids is 2.